The van der Waals surface area contributed by atoms with Crippen LogP contribution < -0.4 is 5.32 Å². The van der Waals surface area contributed by atoms with Gasteiger partial charge in [-0.2, -0.15) is 0 Å². The molecule has 0 aromatic carbocycles. The quantitative estimate of drug-likeness (QED) is 0.781. The fraction of sp³-hybridized carbons (Fsp3) is 0.812. The number of amides is 3. The lowest BCUT2D eigenvalue weighted by atomic mass is 9.84. The standard InChI is InChI=1S/C16H24N2O4/c19-13(17-10-12-3-7-22-8-4-12)11-18-14(20)9-16(15(18)21)5-1-2-6-16/h12H,1-11H2,(H,17,19). The molecule has 6 nitrogen and oxygen atoms in total. The van der Waals surface area contributed by atoms with E-state index in [1.165, 1.54) is 4.90 Å². The van der Waals surface area contributed by atoms with Gasteiger partial charge in [0.05, 0.1) is 5.41 Å². The molecule has 1 spiro atoms. The first-order valence-corrected chi connectivity index (χ1v) is 8.30. The maximum atomic E-state index is 12.5. The summed E-state index contributed by atoms with van der Waals surface area (Å²) < 4.78 is 5.29. The number of carbonyl (C=O) groups is 3. The number of nitrogens with one attached hydrogen (secondary N) is 1. The van der Waals surface area contributed by atoms with Crippen LogP contribution in [0.25, 0.3) is 0 Å². The normalized spacial score (nSPS) is 25.2. The van der Waals surface area contributed by atoms with Crippen LogP contribution in [0.5, 0.6) is 0 Å². The number of carbonyl (C=O) groups excluding carboxylic acids is 3. The molecule has 3 aliphatic rings. The van der Waals surface area contributed by atoms with Crippen LogP contribution in [0.4, 0.5) is 0 Å². The third-order valence-electron chi connectivity index (χ3n) is 5.28. The molecule has 0 bridgehead atoms. The van der Waals surface area contributed by atoms with E-state index < -0.39 is 5.41 Å². The fourth-order valence-electron chi connectivity index (χ4n) is 3.87. The van der Waals surface area contributed by atoms with E-state index in [4.69, 9.17) is 4.74 Å². The van der Waals surface area contributed by atoms with Crippen LogP contribution in [-0.2, 0) is 19.1 Å². The smallest absolute Gasteiger partial charge is 0.240 e. The molecule has 2 heterocycles. The number of hydrogen-bond donors (Lipinski definition) is 1. The van der Waals surface area contributed by atoms with E-state index in [1.54, 1.807) is 0 Å². The first-order chi connectivity index (χ1) is 10.6. The Labute approximate surface area is 130 Å². The van der Waals surface area contributed by atoms with E-state index in [0.29, 0.717) is 18.9 Å². The third-order valence-corrected chi connectivity index (χ3v) is 5.28. The number of rotatable bonds is 4. The molecule has 1 N–H and O–H groups in total. The number of likely N-dealkylation sites (tertiary alicyclic amines) is 1. The largest absolute Gasteiger partial charge is 0.381 e. The SMILES string of the molecule is O=C(CN1C(=O)CC2(CCCC2)C1=O)NCC1CCOCC1. The Morgan fingerprint density at radius 3 is 2.59 bits per heavy atom. The van der Waals surface area contributed by atoms with Gasteiger partial charge in [-0.1, -0.05) is 12.8 Å². The summed E-state index contributed by atoms with van der Waals surface area (Å²) in [4.78, 5) is 37.8. The summed E-state index contributed by atoms with van der Waals surface area (Å²) in [6, 6.07) is 0. The summed E-state index contributed by atoms with van der Waals surface area (Å²) in [5, 5.41) is 2.86. The minimum Gasteiger partial charge on any atom is -0.381 e. The van der Waals surface area contributed by atoms with Gasteiger partial charge in [0, 0.05) is 26.2 Å². The van der Waals surface area contributed by atoms with Crippen LogP contribution in [-0.4, -0.2) is 48.9 Å². The average Bonchev–Trinajstić information content (AvgIpc) is 3.08. The Morgan fingerprint density at radius 2 is 1.91 bits per heavy atom. The van der Waals surface area contributed by atoms with E-state index in [-0.39, 0.29) is 24.3 Å². The molecule has 0 unspecified atom stereocenters. The minimum atomic E-state index is -0.488. The van der Waals surface area contributed by atoms with Crippen LogP contribution in [0.15, 0.2) is 0 Å². The Morgan fingerprint density at radius 1 is 1.23 bits per heavy atom. The second-order valence-corrected chi connectivity index (χ2v) is 6.81. The van der Waals surface area contributed by atoms with Crippen LogP contribution in [0.2, 0.25) is 0 Å². The molecular formula is C16H24N2O4. The van der Waals surface area contributed by atoms with Crippen molar-refractivity contribution in [1.29, 1.82) is 0 Å². The third kappa shape index (κ3) is 3.02. The van der Waals surface area contributed by atoms with E-state index >= 15 is 0 Å². The molecule has 0 aromatic heterocycles. The minimum absolute atomic E-state index is 0.122. The van der Waals surface area contributed by atoms with Gasteiger partial charge < -0.3 is 10.1 Å². The molecule has 22 heavy (non-hydrogen) atoms. The van der Waals surface area contributed by atoms with Gasteiger partial charge in [-0.15, -0.1) is 0 Å². The maximum absolute atomic E-state index is 12.5. The van der Waals surface area contributed by atoms with Crippen molar-refractivity contribution in [3.8, 4) is 0 Å². The van der Waals surface area contributed by atoms with Crippen molar-refractivity contribution < 1.29 is 19.1 Å². The van der Waals surface area contributed by atoms with Crippen molar-refractivity contribution in [1.82, 2.24) is 10.2 Å². The van der Waals surface area contributed by atoms with E-state index in [1.807, 2.05) is 0 Å². The van der Waals surface area contributed by atoms with Crippen molar-refractivity contribution in [3.05, 3.63) is 0 Å². The Bertz CT molecular complexity index is 465. The molecule has 122 valence electrons. The Hall–Kier alpha value is -1.43. The zero-order valence-electron chi connectivity index (χ0n) is 12.9. The molecule has 2 aliphatic heterocycles. The Balaban J connectivity index is 1.50. The fourth-order valence-corrected chi connectivity index (χ4v) is 3.87. The number of imide groups is 1. The molecule has 3 fully saturated rings. The second kappa shape index (κ2) is 6.36. The molecule has 1 aliphatic carbocycles. The topological polar surface area (TPSA) is 75.7 Å². The lowest BCUT2D eigenvalue weighted by molar-refractivity contribution is -0.144. The van der Waals surface area contributed by atoms with Gasteiger partial charge in [-0.25, -0.2) is 0 Å². The highest BCUT2D eigenvalue weighted by atomic mass is 16.5. The zero-order chi connectivity index (χ0) is 15.6. The first-order valence-electron chi connectivity index (χ1n) is 8.30. The van der Waals surface area contributed by atoms with Gasteiger partial charge >= 0.3 is 0 Å². The van der Waals surface area contributed by atoms with Crippen LogP contribution in [0.3, 0.4) is 0 Å². The van der Waals surface area contributed by atoms with E-state index in [9.17, 15) is 14.4 Å². The summed E-state index contributed by atoms with van der Waals surface area (Å²) in [6.45, 7) is 1.96. The molecular weight excluding hydrogens is 284 g/mol. The predicted octanol–water partition coefficient (Wildman–Crippen LogP) is 0.849. The van der Waals surface area contributed by atoms with Crippen molar-refractivity contribution in [3.63, 3.8) is 0 Å². The highest BCUT2D eigenvalue weighted by Crippen LogP contribution is 2.46. The molecule has 0 atom stereocenters. The number of nitrogens with zero attached hydrogens (tertiary/aromatic N) is 1. The first kappa shape index (κ1) is 15.5. The molecule has 2 saturated heterocycles. The molecule has 1 saturated carbocycles. The monoisotopic (exact) mass is 308 g/mol. The molecule has 6 heteroatoms. The van der Waals surface area contributed by atoms with Gasteiger partial charge in [-0.05, 0) is 31.6 Å². The highest BCUT2D eigenvalue weighted by Gasteiger charge is 2.52. The predicted molar refractivity (Wildman–Crippen MR) is 78.8 cm³/mol. The summed E-state index contributed by atoms with van der Waals surface area (Å²) in [5.74, 6) is -0.114. The summed E-state index contributed by atoms with van der Waals surface area (Å²) in [6.07, 6.45) is 5.77. The van der Waals surface area contributed by atoms with Crippen LogP contribution in [0.1, 0.15) is 44.9 Å². The van der Waals surface area contributed by atoms with Gasteiger partial charge in [0.25, 0.3) is 0 Å². The average molecular weight is 308 g/mol. The number of ether oxygens (including phenoxy) is 1. The van der Waals surface area contributed by atoms with Crippen molar-refractivity contribution in [2.45, 2.75) is 44.9 Å². The van der Waals surface area contributed by atoms with E-state index in [0.717, 1.165) is 51.7 Å². The molecule has 0 radical (unpaired) electrons. The highest BCUT2D eigenvalue weighted by molar-refractivity contribution is 6.08. The van der Waals surface area contributed by atoms with Crippen molar-refractivity contribution >= 4 is 17.7 Å². The van der Waals surface area contributed by atoms with Crippen LogP contribution in [0, 0.1) is 11.3 Å². The lowest BCUT2D eigenvalue weighted by Gasteiger charge is -2.23. The van der Waals surface area contributed by atoms with Crippen molar-refractivity contribution in [2.75, 3.05) is 26.3 Å². The van der Waals surface area contributed by atoms with Gasteiger partial charge in [0.1, 0.15) is 6.54 Å². The molecule has 0 aromatic rings. The zero-order valence-corrected chi connectivity index (χ0v) is 12.9. The summed E-state index contributed by atoms with van der Waals surface area (Å²) >= 11 is 0. The van der Waals surface area contributed by atoms with E-state index in [2.05, 4.69) is 5.32 Å². The molecule has 3 amide bonds. The van der Waals surface area contributed by atoms with Gasteiger partial charge in [-0.3, -0.25) is 19.3 Å². The van der Waals surface area contributed by atoms with Crippen LogP contribution >= 0.6 is 0 Å². The summed E-state index contributed by atoms with van der Waals surface area (Å²) in [5.41, 5.74) is -0.488. The molecule has 3 rings (SSSR count). The lowest BCUT2D eigenvalue weighted by Crippen LogP contribution is -2.43. The summed E-state index contributed by atoms with van der Waals surface area (Å²) in [7, 11) is 0. The van der Waals surface area contributed by atoms with Gasteiger partial charge in [0.2, 0.25) is 17.7 Å². The number of hydrogen-bond acceptors (Lipinski definition) is 4. The maximum Gasteiger partial charge on any atom is 0.240 e. The van der Waals surface area contributed by atoms with Crippen molar-refractivity contribution in [2.24, 2.45) is 11.3 Å². The van der Waals surface area contributed by atoms with Gasteiger partial charge in [0.15, 0.2) is 0 Å². The Kier molecular flexibility index (Phi) is 4.47. The second-order valence-electron chi connectivity index (χ2n) is 6.81.